The van der Waals surface area contributed by atoms with Gasteiger partial charge in [-0.15, -0.1) is 5.10 Å². The van der Waals surface area contributed by atoms with E-state index in [1.165, 1.54) is 19.2 Å². The van der Waals surface area contributed by atoms with Gasteiger partial charge in [0.25, 0.3) is 0 Å². The minimum Gasteiger partial charge on any atom is -0.380 e. The Morgan fingerprint density at radius 1 is 1.09 bits per heavy atom. The van der Waals surface area contributed by atoms with Crippen LogP contribution in [0.2, 0.25) is 10.0 Å². The maximum Gasteiger partial charge on any atom is 0.417 e. The van der Waals surface area contributed by atoms with Crippen LogP contribution in [-0.4, -0.2) is 33.3 Å². The van der Waals surface area contributed by atoms with Crippen LogP contribution >= 0.6 is 23.2 Å². The van der Waals surface area contributed by atoms with Gasteiger partial charge < -0.3 is 5.32 Å². The normalized spacial score (nSPS) is 12.3. The van der Waals surface area contributed by atoms with Gasteiger partial charge in [-0.2, -0.15) is 17.9 Å². The highest BCUT2D eigenvalue weighted by molar-refractivity contribution is 7.91. The number of rotatable bonds is 6. The predicted octanol–water partition coefficient (Wildman–Crippen LogP) is 4.61. The summed E-state index contributed by atoms with van der Waals surface area (Å²) in [6.45, 7) is 1.65. The topological polar surface area (TPSA) is 98.4 Å². The van der Waals surface area contributed by atoms with Crippen LogP contribution in [0.4, 0.5) is 18.9 Å². The second-order valence-electron chi connectivity index (χ2n) is 7.42. The molecule has 0 unspecified atom stereocenters. The minimum atomic E-state index is -4.68. The summed E-state index contributed by atoms with van der Waals surface area (Å²) >= 11 is 12.0. The number of nitrogens with one attached hydrogen (secondary N) is 1. The molecule has 4 rings (SSSR count). The lowest BCUT2D eigenvalue weighted by Crippen LogP contribution is -2.23. The summed E-state index contributed by atoms with van der Waals surface area (Å²) in [5.41, 5.74) is -1.12. The number of sulfone groups is 1. The molecule has 1 aromatic carbocycles. The number of pyridine rings is 2. The van der Waals surface area contributed by atoms with Gasteiger partial charge in [0.15, 0.2) is 21.3 Å². The second-order valence-corrected chi connectivity index (χ2v) is 10.5. The predicted molar refractivity (Wildman–Crippen MR) is 125 cm³/mol. The van der Waals surface area contributed by atoms with Crippen molar-refractivity contribution in [1.82, 2.24) is 19.2 Å². The molecule has 8 nitrogen and oxygen atoms in total. The molecule has 0 atom stereocenters. The van der Waals surface area contributed by atoms with E-state index in [1.807, 2.05) is 0 Å². The first-order valence-electron chi connectivity index (χ1n) is 9.99. The monoisotopic (exact) mass is 545 g/mol. The SMILES string of the molecule is CCS(=O)(=O)c1cc(NCc2cc(Cl)cc(Cl)c2)cnc1-n1nc2ccc(C(F)(F)F)cn2c1=O. The summed E-state index contributed by atoms with van der Waals surface area (Å²) in [4.78, 5) is 16.7. The van der Waals surface area contributed by atoms with Crippen LogP contribution in [0.5, 0.6) is 0 Å². The number of anilines is 1. The highest BCUT2D eigenvalue weighted by atomic mass is 35.5. The van der Waals surface area contributed by atoms with E-state index >= 15 is 0 Å². The van der Waals surface area contributed by atoms with Gasteiger partial charge in [-0.05, 0) is 42.0 Å². The van der Waals surface area contributed by atoms with Gasteiger partial charge in [0.1, 0.15) is 4.90 Å². The molecule has 14 heteroatoms. The number of hydrogen-bond donors (Lipinski definition) is 1. The standard InChI is InChI=1S/C21H16Cl2F3N5O3S/c1-2-35(33,34)17-8-16(27-9-12-5-14(22)7-15(23)6-12)10-28-19(17)31-20(32)30-11-13(21(24,25)26)3-4-18(30)29-31/h3-8,10-11,27H,2,9H2,1H3. The fourth-order valence-corrected chi connectivity index (χ4v) is 4.88. The Hall–Kier alpha value is -3.09. The van der Waals surface area contributed by atoms with Gasteiger partial charge in [-0.25, -0.2) is 22.6 Å². The summed E-state index contributed by atoms with van der Waals surface area (Å²) in [5.74, 6) is -0.638. The summed E-state index contributed by atoms with van der Waals surface area (Å²) in [7, 11) is -3.92. The molecule has 0 fully saturated rings. The molecule has 0 amide bonds. The lowest BCUT2D eigenvalue weighted by Gasteiger charge is -2.12. The zero-order valence-corrected chi connectivity index (χ0v) is 20.2. The quantitative estimate of drug-likeness (QED) is 0.380. The van der Waals surface area contributed by atoms with Crippen LogP contribution in [0.3, 0.4) is 0 Å². The van der Waals surface area contributed by atoms with E-state index < -0.39 is 27.3 Å². The minimum absolute atomic E-state index is 0.107. The molecule has 0 radical (unpaired) electrons. The Morgan fingerprint density at radius 2 is 1.77 bits per heavy atom. The lowest BCUT2D eigenvalue weighted by molar-refractivity contribution is -0.137. The largest absolute Gasteiger partial charge is 0.417 e. The zero-order valence-electron chi connectivity index (χ0n) is 17.8. The summed E-state index contributed by atoms with van der Waals surface area (Å²) < 4.78 is 66.2. The van der Waals surface area contributed by atoms with Crippen molar-refractivity contribution in [3.05, 3.63) is 80.4 Å². The van der Waals surface area contributed by atoms with Crippen LogP contribution in [0.25, 0.3) is 11.5 Å². The molecule has 0 aliphatic carbocycles. The van der Waals surface area contributed by atoms with Gasteiger partial charge in [0.2, 0.25) is 0 Å². The van der Waals surface area contributed by atoms with Gasteiger partial charge in [-0.1, -0.05) is 30.1 Å². The van der Waals surface area contributed by atoms with Crippen LogP contribution in [-0.2, 0) is 22.6 Å². The van der Waals surface area contributed by atoms with E-state index in [1.54, 1.807) is 18.2 Å². The first kappa shape index (κ1) is 25.0. The highest BCUT2D eigenvalue weighted by Gasteiger charge is 2.31. The number of alkyl halides is 3. The third-order valence-corrected chi connectivity index (χ3v) is 7.18. The second kappa shape index (κ2) is 9.17. The molecule has 4 aromatic rings. The Morgan fingerprint density at radius 3 is 2.40 bits per heavy atom. The van der Waals surface area contributed by atoms with Crippen molar-refractivity contribution in [2.75, 3.05) is 11.1 Å². The summed E-state index contributed by atoms with van der Waals surface area (Å²) in [5, 5.41) is 7.85. The number of fused-ring (bicyclic) bond motifs is 1. The number of hydrogen-bond acceptors (Lipinski definition) is 6. The molecule has 0 saturated carbocycles. The first-order chi connectivity index (χ1) is 16.4. The van der Waals surface area contributed by atoms with Crippen molar-refractivity contribution in [3.63, 3.8) is 0 Å². The smallest absolute Gasteiger partial charge is 0.380 e. The molecule has 3 heterocycles. The Labute approximate surface area is 206 Å². The van der Waals surface area contributed by atoms with Gasteiger partial charge in [-0.3, -0.25) is 0 Å². The third kappa shape index (κ3) is 5.14. The van der Waals surface area contributed by atoms with Crippen molar-refractivity contribution < 1.29 is 21.6 Å². The highest BCUT2D eigenvalue weighted by Crippen LogP contribution is 2.29. The molecular weight excluding hydrogens is 530 g/mol. The third-order valence-electron chi connectivity index (χ3n) is 5.01. The van der Waals surface area contributed by atoms with E-state index in [2.05, 4.69) is 15.4 Å². The van der Waals surface area contributed by atoms with E-state index in [4.69, 9.17) is 23.2 Å². The maximum atomic E-state index is 13.1. The van der Waals surface area contributed by atoms with E-state index in [9.17, 15) is 26.4 Å². The first-order valence-corrected chi connectivity index (χ1v) is 12.4. The average molecular weight is 546 g/mol. The lowest BCUT2D eigenvalue weighted by atomic mass is 10.2. The molecule has 0 spiro atoms. The zero-order chi connectivity index (χ0) is 25.5. The van der Waals surface area contributed by atoms with Gasteiger partial charge >= 0.3 is 11.9 Å². The van der Waals surface area contributed by atoms with E-state index in [-0.39, 0.29) is 28.7 Å². The van der Waals surface area contributed by atoms with Crippen LogP contribution in [0.15, 0.2) is 58.5 Å². The molecule has 1 N–H and O–H groups in total. The Bertz CT molecular complexity index is 1580. The number of nitrogens with zero attached hydrogens (tertiary/aromatic N) is 4. The number of benzene rings is 1. The fourth-order valence-electron chi connectivity index (χ4n) is 3.28. The van der Waals surface area contributed by atoms with E-state index in [0.717, 1.165) is 17.7 Å². The van der Waals surface area contributed by atoms with Crippen LogP contribution < -0.4 is 11.0 Å². The average Bonchev–Trinajstić information content (AvgIpc) is 3.12. The molecule has 35 heavy (non-hydrogen) atoms. The maximum absolute atomic E-state index is 13.1. The molecular formula is C21H16Cl2F3N5O3S. The van der Waals surface area contributed by atoms with Gasteiger partial charge in [0, 0.05) is 22.8 Å². The molecule has 0 bridgehead atoms. The van der Waals surface area contributed by atoms with Crippen molar-refractivity contribution >= 4 is 44.4 Å². The van der Waals surface area contributed by atoms with E-state index in [0.29, 0.717) is 31.0 Å². The van der Waals surface area contributed by atoms with Crippen molar-refractivity contribution in [2.24, 2.45) is 0 Å². The Kier molecular flexibility index (Phi) is 6.56. The molecule has 0 aliphatic heterocycles. The molecule has 3 aromatic heterocycles. The number of halogens is 5. The van der Waals surface area contributed by atoms with Crippen molar-refractivity contribution in [2.45, 2.75) is 24.5 Å². The molecule has 184 valence electrons. The molecule has 0 saturated heterocycles. The summed E-state index contributed by atoms with van der Waals surface area (Å²) in [6.07, 6.45) is -2.79. The molecule has 0 aliphatic rings. The van der Waals surface area contributed by atoms with Crippen LogP contribution in [0.1, 0.15) is 18.1 Å². The van der Waals surface area contributed by atoms with Gasteiger partial charge in [0.05, 0.1) is 23.2 Å². The van der Waals surface area contributed by atoms with Crippen molar-refractivity contribution in [3.8, 4) is 5.82 Å². The Balaban J connectivity index is 1.78. The number of aromatic nitrogens is 4. The van der Waals surface area contributed by atoms with Crippen LogP contribution in [0, 0.1) is 0 Å². The fraction of sp³-hybridized carbons (Fsp3) is 0.190. The van der Waals surface area contributed by atoms with Crippen molar-refractivity contribution in [1.29, 1.82) is 0 Å². The summed E-state index contributed by atoms with van der Waals surface area (Å²) in [6, 6.07) is 8.00.